The lowest BCUT2D eigenvalue weighted by Gasteiger charge is -2.13. The molecule has 23 heavy (non-hydrogen) atoms. The monoisotopic (exact) mass is 313 g/mol. The van der Waals surface area contributed by atoms with Crippen molar-refractivity contribution >= 4 is 17.4 Å². The standard InChI is InChI=1S/C15H19N7O/c1-9(7-12-8-10(2)19-20-12)16-15(23)18-13-5-4-6-22-14(13)17-11(3)21-22/h4-6,8-9H,7H2,1-3H3,(H,19,20)(H2,16,18,23)/t9-/m1/s1. The van der Waals surface area contributed by atoms with Crippen LogP contribution in [0.15, 0.2) is 24.4 Å². The number of aromatic amines is 1. The van der Waals surface area contributed by atoms with Crippen LogP contribution >= 0.6 is 0 Å². The van der Waals surface area contributed by atoms with E-state index >= 15 is 0 Å². The summed E-state index contributed by atoms with van der Waals surface area (Å²) in [5.41, 5.74) is 3.17. The average molecular weight is 313 g/mol. The van der Waals surface area contributed by atoms with Gasteiger partial charge in [-0.25, -0.2) is 14.3 Å². The van der Waals surface area contributed by atoms with Crippen LogP contribution in [-0.4, -0.2) is 36.9 Å². The molecule has 3 N–H and O–H groups in total. The SMILES string of the molecule is Cc1nc2c(NC(=O)N[C@H](C)Cc3cc(C)[nH]n3)cccn2n1. The van der Waals surface area contributed by atoms with Gasteiger partial charge in [-0.1, -0.05) is 0 Å². The second kappa shape index (κ2) is 6.07. The summed E-state index contributed by atoms with van der Waals surface area (Å²) in [4.78, 5) is 16.5. The van der Waals surface area contributed by atoms with Crippen molar-refractivity contribution in [2.75, 3.05) is 5.32 Å². The normalized spacial score (nSPS) is 12.3. The Morgan fingerprint density at radius 2 is 2.26 bits per heavy atom. The summed E-state index contributed by atoms with van der Waals surface area (Å²) in [5, 5.41) is 17.0. The van der Waals surface area contributed by atoms with Gasteiger partial charge in [0.2, 0.25) is 0 Å². The molecule has 0 saturated heterocycles. The second-order valence-electron chi connectivity index (χ2n) is 5.59. The number of hydrogen-bond acceptors (Lipinski definition) is 4. The molecule has 8 heteroatoms. The summed E-state index contributed by atoms with van der Waals surface area (Å²) in [7, 11) is 0. The number of fused-ring (bicyclic) bond motifs is 1. The molecule has 0 aromatic carbocycles. The number of amides is 2. The highest BCUT2D eigenvalue weighted by atomic mass is 16.2. The first kappa shape index (κ1) is 15.0. The van der Waals surface area contributed by atoms with Crippen LogP contribution in [0.5, 0.6) is 0 Å². The van der Waals surface area contributed by atoms with Gasteiger partial charge in [-0.3, -0.25) is 5.10 Å². The smallest absolute Gasteiger partial charge is 0.319 e. The largest absolute Gasteiger partial charge is 0.335 e. The van der Waals surface area contributed by atoms with Gasteiger partial charge < -0.3 is 10.6 Å². The first-order valence-electron chi connectivity index (χ1n) is 7.41. The van der Waals surface area contributed by atoms with Crippen molar-refractivity contribution in [2.24, 2.45) is 0 Å². The maximum Gasteiger partial charge on any atom is 0.319 e. The zero-order valence-electron chi connectivity index (χ0n) is 13.3. The number of aromatic nitrogens is 5. The van der Waals surface area contributed by atoms with Crippen LogP contribution in [0.3, 0.4) is 0 Å². The minimum atomic E-state index is -0.279. The van der Waals surface area contributed by atoms with E-state index in [0.717, 1.165) is 11.4 Å². The fraction of sp³-hybridized carbons (Fsp3) is 0.333. The number of urea groups is 1. The first-order chi connectivity index (χ1) is 11.0. The Morgan fingerprint density at radius 1 is 1.43 bits per heavy atom. The van der Waals surface area contributed by atoms with Crippen LogP contribution in [0.25, 0.3) is 5.65 Å². The Kier molecular flexibility index (Phi) is 3.96. The van der Waals surface area contributed by atoms with Crippen molar-refractivity contribution in [3.8, 4) is 0 Å². The molecular formula is C15H19N7O. The minimum absolute atomic E-state index is 0.0444. The fourth-order valence-electron chi connectivity index (χ4n) is 2.44. The highest BCUT2D eigenvalue weighted by Crippen LogP contribution is 2.14. The molecule has 120 valence electrons. The van der Waals surface area contributed by atoms with E-state index in [1.165, 1.54) is 0 Å². The molecule has 3 aromatic heterocycles. The minimum Gasteiger partial charge on any atom is -0.335 e. The molecule has 0 radical (unpaired) electrons. The fourth-order valence-corrected chi connectivity index (χ4v) is 2.44. The van der Waals surface area contributed by atoms with E-state index in [0.29, 0.717) is 23.6 Å². The maximum atomic E-state index is 12.2. The third-order valence-corrected chi connectivity index (χ3v) is 3.37. The lowest BCUT2D eigenvalue weighted by molar-refractivity contribution is 0.249. The summed E-state index contributed by atoms with van der Waals surface area (Å²) < 4.78 is 1.64. The third kappa shape index (κ3) is 3.47. The van der Waals surface area contributed by atoms with Crippen LogP contribution in [0.2, 0.25) is 0 Å². The number of pyridine rings is 1. The molecule has 0 unspecified atom stereocenters. The molecule has 2 amide bonds. The van der Waals surface area contributed by atoms with Gasteiger partial charge in [-0.2, -0.15) is 10.2 Å². The molecule has 0 bridgehead atoms. The van der Waals surface area contributed by atoms with Crippen LogP contribution in [-0.2, 0) is 6.42 Å². The number of hydrogen-bond donors (Lipinski definition) is 3. The Hall–Kier alpha value is -2.90. The van der Waals surface area contributed by atoms with E-state index in [1.54, 1.807) is 16.8 Å². The van der Waals surface area contributed by atoms with Crippen LogP contribution in [0.1, 0.15) is 24.1 Å². The number of nitrogens with one attached hydrogen (secondary N) is 3. The Morgan fingerprint density at radius 3 is 3.00 bits per heavy atom. The maximum absolute atomic E-state index is 12.2. The third-order valence-electron chi connectivity index (χ3n) is 3.37. The van der Waals surface area contributed by atoms with Gasteiger partial charge in [0.25, 0.3) is 0 Å². The first-order valence-corrected chi connectivity index (χ1v) is 7.41. The van der Waals surface area contributed by atoms with Gasteiger partial charge in [0, 0.05) is 24.4 Å². The summed E-state index contributed by atoms with van der Waals surface area (Å²) in [6.45, 7) is 5.69. The molecule has 0 aliphatic carbocycles. The van der Waals surface area contributed by atoms with Crippen LogP contribution < -0.4 is 10.6 Å². The van der Waals surface area contributed by atoms with Gasteiger partial charge >= 0.3 is 6.03 Å². The number of rotatable bonds is 4. The van der Waals surface area contributed by atoms with Crippen molar-refractivity contribution in [3.63, 3.8) is 0 Å². The van der Waals surface area contributed by atoms with E-state index in [4.69, 9.17) is 0 Å². The molecular weight excluding hydrogens is 294 g/mol. The number of carbonyl (C=O) groups excluding carboxylic acids is 1. The van der Waals surface area contributed by atoms with E-state index in [-0.39, 0.29) is 12.1 Å². The molecule has 0 aliphatic rings. The highest BCUT2D eigenvalue weighted by molar-refractivity contribution is 5.93. The molecule has 0 spiro atoms. The Balaban J connectivity index is 1.64. The predicted octanol–water partition coefficient (Wildman–Crippen LogP) is 1.82. The summed E-state index contributed by atoms with van der Waals surface area (Å²) in [6, 6.07) is 5.25. The van der Waals surface area contributed by atoms with Crippen molar-refractivity contribution in [3.05, 3.63) is 41.6 Å². The zero-order valence-corrected chi connectivity index (χ0v) is 13.3. The van der Waals surface area contributed by atoms with E-state index in [9.17, 15) is 4.79 Å². The molecule has 3 aromatic rings. The molecule has 1 atom stereocenters. The van der Waals surface area contributed by atoms with Crippen LogP contribution in [0.4, 0.5) is 10.5 Å². The zero-order chi connectivity index (χ0) is 16.4. The summed E-state index contributed by atoms with van der Waals surface area (Å²) >= 11 is 0. The topological polar surface area (TPSA) is 100 Å². The second-order valence-corrected chi connectivity index (χ2v) is 5.59. The number of anilines is 1. The molecule has 0 fully saturated rings. The van der Waals surface area contributed by atoms with E-state index in [1.807, 2.05) is 32.9 Å². The van der Waals surface area contributed by atoms with Crippen molar-refractivity contribution < 1.29 is 4.79 Å². The quantitative estimate of drug-likeness (QED) is 0.684. The van der Waals surface area contributed by atoms with Crippen molar-refractivity contribution in [2.45, 2.75) is 33.2 Å². The molecule has 0 aliphatic heterocycles. The van der Waals surface area contributed by atoms with Gasteiger partial charge in [-0.05, 0) is 39.0 Å². The Bertz CT molecular complexity index is 835. The molecule has 0 saturated carbocycles. The number of aryl methyl sites for hydroxylation is 2. The Labute approximate surface area is 133 Å². The molecule has 3 heterocycles. The molecule has 8 nitrogen and oxygen atoms in total. The van der Waals surface area contributed by atoms with Crippen molar-refractivity contribution in [1.82, 2.24) is 30.1 Å². The lowest BCUT2D eigenvalue weighted by atomic mass is 10.2. The average Bonchev–Trinajstić information content (AvgIpc) is 3.04. The highest BCUT2D eigenvalue weighted by Gasteiger charge is 2.12. The lowest BCUT2D eigenvalue weighted by Crippen LogP contribution is -2.37. The van der Waals surface area contributed by atoms with E-state index < -0.39 is 0 Å². The predicted molar refractivity (Wildman–Crippen MR) is 86.4 cm³/mol. The van der Waals surface area contributed by atoms with Gasteiger partial charge in [-0.15, -0.1) is 0 Å². The summed E-state index contributed by atoms with van der Waals surface area (Å²) in [6.07, 6.45) is 2.45. The summed E-state index contributed by atoms with van der Waals surface area (Å²) in [5.74, 6) is 0.655. The van der Waals surface area contributed by atoms with Gasteiger partial charge in [0.1, 0.15) is 5.82 Å². The number of carbonyl (C=O) groups is 1. The van der Waals surface area contributed by atoms with Gasteiger partial charge in [0.05, 0.1) is 11.4 Å². The van der Waals surface area contributed by atoms with E-state index in [2.05, 4.69) is 30.9 Å². The molecule has 3 rings (SSSR count). The van der Waals surface area contributed by atoms with Crippen molar-refractivity contribution in [1.29, 1.82) is 0 Å². The number of H-pyrrole nitrogens is 1. The number of nitrogens with zero attached hydrogens (tertiary/aromatic N) is 4. The van der Waals surface area contributed by atoms with Crippen LogP contribution in [0, 0.1) is 13.8 Å². The van der Waals surface area contributed by atoms with Gasteiger partial charge in [0.15, 0.2) is 5.65 Å².